The molecular formula is C25H37N3O4S. The zero-order chi connectivity index (χ0) is 24.0. The van der Waals surface area contributed by atoms with Crippen LogP contribution in [0.1, 0.15) is 68.9 Å². The second-order valence-electron chi connectivity index (χ2n) is 10.7. The predicted octanol–water partition coefficient (Wildman–Crippen LogP) is 3.33. The molecule has 7 nitrogen and oxygen atoms in total. The molecule has 1 aromatic rings. The molecule has 33 heavy (non-hydrogen) atoms. The van der Waals surface area contributed by atoms with Crippen LogP contribution < -0.4 is 5.32 Å². The van der Waals surface area contributed by atoms with Gasteiger partial charge >= 0.3 is 0 Å². The summed E-state index contributed by atoms with van der Waals surface area (Å²) < 4.78 is 0. The van der Waals surface area contributed by atoms with Gasteiger partial charge in [-0.3, -0.25) is 9.59 Å². The van der Waals surface area contributed by atoms with Gasteiger partial charge in [-0.1, -0.05) is 26.3 Å². The van der Waals surface area contributed by atoms with Crippen LogP contribution in [0.3, 0.4) is 0 Å². The summed E-state index contributed by atoms with van der Waals surface area (Å²) in [7, 11) is 1.78. The van der Waals surface area contributed by atoms with Crippen molar-refractivity contribution >= 4 is 28.3 Å². The van der Waals surface area contributed by atoms with Gasteiger partial charge in [-0.15, -0.1) is 17.9 Å². The van der Waals surface area contributed by atoms with E-state index in [4.69, 9.17) is 4.98 Å². The number of rotatable bonds is 7. The van der Waals surface area contributed by atoms with E-state index in [-0.39, 0.29) is 41.6 Å². The molecule has 2 saturated carbocycles. The summed E-state index contributed by atoms with van der Waals surface area (Å²) >= 11 is 1.48. The fraction of sp³-hybridized carbons (Fsp3) is 0.720. The number of nitrogens with zero attached hydrogens (tertiary/aromatic N) is 2. The first-order valence-electron chi connectivity index (χ1n) is 12.1. The zero-order valence-electron chi connectivity index (χ0n) is 20.0. The standard InChI is InChI=1S/C25H37N3O4S/c1-5-11-28(4)20(31)12-16-21-17(33-23(26-21)27-22(32)15-7-6-8-15)13-18-24(16,2)10-9-19(30)25(18,3)14-29/h5,15-16,18-19,29-30H,1,6-14H2,2-4H3,(H,26,27,32)/t16-,18+,19-,24+,25+/m1/s1. The molecule has 2 fully saturated rings. The van der Waals surface area contributed by atoms with Crippen molar-refractivity contribution in [2.24, 2.45) is 22.7 Å². The number of aliphatic hydroxyl groups is 2. The highest BCUT2D eigenvalue weighted by Crippen LogP contribution is 2.62. The van der Waals surface area contributed by atoms with Crippen LogP contribution in [-0.2, 0) is 16.0 Å². The average molecular weight is 476 g/mol. The normalized spacial score (nSPS) is 33.4. The molecule has 0 bridgehead atoms. The van der Waals surface area contributed by atoms with Gasteiger partial charge in [0, 0.05) is 42.1 Å². The molecule has 3 aliphatic carbocycles. The van der Waals surface area contributed by atoms with E-state index in [0.29, 0.717) is 30.9 Å². The fourth-order valence-electron chi connectivity index (χ4n) is 6.20. The molecule has 0 spiro atoms. The molecule has 1 aromatic heterocycles. The molecule has 2 amide bonds. The number of thiazole rings is 1. The lowest BCUT2D eigenvalue weighted by Gasteiger charge is -2.58. The lowest BCUT2D eigenvalue weighted by atomic mass is 9.47. The molecular weight excluding hydrogens is 438 g/mol. The first-order chi connectivity index (χ1) is 15.6. The van der Waals surface area contributed by atoms with Gasteiger partial charge in [0.25, 0.3) is 0 Å². The van der Waals surface area contributed by atoms with Crippen molar-refractivity contribution in [2.75, 3.05) is 25.5 Å². The number of carbonyl (C=O) groups is 2. The quantitative estimate of drug-likeness (QED) is 0.525. The predicted molar refractivity (Wildman–Crippen MR) is 129 cm³/mol. The van der Waals surface area contributed by atoms with E-state index in [1.165, 1.54) is 11.3 Å². The lowest BCUT2D eigenvalue weighted by molar-refractivity contribution is -0.146. The molecule has 0 radical (unpaired) electrons. The highest BCUT2D eigenvalue weighted by molar-refractivity contribution is 7.15. The summed E-state index contributed by atoms with van der Waals surface area (Å²) in [5.41, 5.74) is -0.0459. The van der Waals surface area contributed by atoms with Crippen LogP contribution in [-0.4, -0.2) is 58.2 Å². The van der Waals surface area contributed by atoms with Crippen molar-refractivity contribution in [1.29, 1.82) is 0 Å². The second kappa shape index (κ2) is 9.12. The number of aliphatic hydroxyl groups excluding tert-OH is 2. The van der Waals surface area contributed by atoms with E-state index < -0.39 is 11.5 Å². The molecule has 8 heteroatoms. The largest absolute Gasteiger partial charge is 0.396 e. The van der Waals surface area contributed by atoms with Crippen LogP contribution in [0.4, 0.5) is 5.13 Å². The monoisotopic (exact) mass is 475 g/mol. The third-order valence-corrected chi connectivity index (χ3v) is 9.82. The molecule has 0 aromatic carbocycles. The lowest BCUT2D eigenvalue weighted by Crippen LogP contribution is -2.57. The van der Waals surface area contributed by atoms with E-state index in [0.717, 1.165) is 36.3 Å². The maximum Gasteiger partial charge on any atom is 0.229 e. The number of fused-ring (bicyclic) bond motifs is 2. The van der Waals surface area contributed by atoms with Gasteiger partial charge in [0.2, 0.25) is 11.8 Å². The Bertz CT molecular complexity index is 929. The highest BCUT2D eigenvalue weighted by Gasteiger charge is 2.59. The third kappa shape index (κ3) is 4.15. The Hall–Kier alpha value is -1.77. The number of hydrogen-bond donors (Lipinski definition) is 3. The fourth-order valence-corrected chi connectivity index (χ4v) is 7.27. The molecule has 5 atom stereocenters. The maximum atomic E-state index is 13.1. The Labute approximate surface area is 200 Å². The van der Waals surface area contributed by atoms with Crippen LogP contribution in [0.5, 0.6) is 0 Å². The van der Waals surface area contributed by atoms with Crippen molar-refractivity contribution in [3.05, 3.63) is 23.2 Å². The van der Waals surface area contributed by atoms with Gasteiger partial charge in [0.15, 0.2) is 5.13 Å². The Morgan fingerprint density at radius 2 is 2.06 bits per heavy atom. The summed E-state index contributed by atoms with van der Waals surface area (Å²) in [4.78, 5) is 33.3. The van der Waals surface area contributed by atoms with Crippen molar-refractivity contribution in [3.63, 3.8) is 0 Å². The van der Waals surface area contributed by atoms with E-state index in [1.54, 1.807) is 18.0 Å². The Morgan fingerprint density at radius 3 is 2.67 bits per heavy atom. The first-order valence-corrected chi connectivity index (χ1v) is 12.9. The topological polar surface area (TPSA) is 103 Å². The van der Waals surface area contributed by atoms with E-state index in [1.807, 2.05) is 6.92 Å². The molecule has 182 valence electrons. The number of aromatic nitrogens is 1. The SMILES string of the molecule is C=CCN(C)C(=O)C[C@@H]1c2nc(NC(=O)C3CCC3)sc2C[C@@H]2[C@](C)(CO)[C@H](O)CC[C@]21C. The van der Waals surface area contributed by atoms with Gasteiger partial charge in [-0.2, -0.15) is 0 Å². The van der Waals surface area contributed by atoms with Crippen LogP contribution in [0.25, 0.3) is 0 Å². The van der Waals surface area contributed by atoms with Crippen molar-refractivity contribution < 1.29 is 19.8 Å². The van der Waals surface area contributed by atoms with Gasteiger partial charge in [-0.25, -0.2) is 4.98 Å². The highest BCUT2D eigenvalue weighted by atomic mass is 32.1. The average Bonchev–Trinajstić information content (AvgIpc) is 3.13. The smallest absolute Gasteiger partial charge is 0.229 e. The summed E-state index contributed by atoms with van der Waals surface area (Å²) in [5.74, 6) is -0.00860. The first kappa shape index (κ1) is 24.4. The third-order valence-electron chi connectivity index (χ3n) is 8.81. The maximum absolute atomic E-state index is 13.1. The van der Waals surface area contributed by atoms with Crippen LogP contribution >= 0.6 is 11.3 Å². The Kier molecular flexibility index (Phi) is 6.73. The minimum absolute atomic E-state index is 0.00407. The van der Waals surface area contributed by atoms with Crippen LogP contribution in [0.2, 0.25) is 0 Å². The molecule has 3 N–H and O–H groups in total. The molecule has 0 unspecified atom stereocenters. The van der Waals surface area contributed by atoms with Gasteiger partial charge < -0.3 is 20.4 Å². The van der Waals surface area contributed by atoms with Crippen molar-refractivity contribution in [2.45, 2.75) is 70.8 Å². The van der Waals surface area contributed by atoms with Crippen molar-refractivity contribution in [1.82, 2.24) is 9.88 Å². The van der Waals surface area contributed by atoms with Gasteiger partial charge in [0.1, 0.15) is 0 Å². The molecule has 1 heterocycles. The number of hydrogen-bond acceptors (Lipinski definition) is 6. The van der Waals surface area contributed by atoms with E-state index in [2.05, 4.69) is 18.8 Å². The number of likely N-dealkylation sites (N-methyl/N-ethyl adjacent to an activating group) is 1. The molecule has 0 aliphatic heterocycles. The molecule has 0 saturated heterocycles. The number of nitrogens with one attached hydrogen (secondary N) is 1. The summed E-state index contributed by atoms with van der Waals surface area (Å²) in [6.07, 6.45) is 6.41. The Balaban J connectivity index is 1.71. The number of anilines is 1. The number of amides is 2. The second-order valence-corrected chi connectivity index (χ2v) is 11.8. The minimum atomic E-state index is -0.654. The van der Waals surface area contributed by atoms with E-state index >= 15 is 0 Å². The van der Waals surface area contributed by atoms with Gasteiger partial charge in [0.05, 0.1) is 18.4 Å². The van der Waals surface area contributed by atoms with Crippen LogP contribution in [0.15, 0.2) is 12.7 Å². The van der Waals surface area contributed by atoms with Crippen molar-refractivity contribution in [3.8, 4) is 0 Å². The minimum Gasteiger partial charge on any atom is -0.396 e. The molecule has 4 rings (SSSR count). The van der Waals surface area contributed by atoms with Gasteiger partial charge in [-0.05, 0) is 43.4 Å². The number of carbonyl (C=O) groups excluding carboxylic acids is 2. The van der Waals surface area contributed by atoms with E-state index in [9.17, 15) is 19.8 Å². The van der Waals surface area contributed by atoms with Crippen LogP contribution in [0, 0.1) is 22.7 Å². The summed E-state index contributed by atoms with van der Waals surface area (Å²) in [6.45, 7) is 8.27. The zero-order valence-corrected chi connectivity index (χ0v) is 20.8. The summed E-state index contributed by atoms with van der Waals surface area (Å²) in [6, 6.07) is 0. The molecule has 3 aliphatic rings. The Morgan fingerprint density at radius 1 is 1.33 bits per heavy atom. The summed E-state index contributed by atoms with van der Waals surface area (Å²) in [5, 5.41) is 24.8.